The average Bonchev–Trinajstić information content (AvgIpc) is 3.08. The second-order valence-corrected chi connectivity index (χ2v) is 11.8. The van der Waals surface area contributed by atoms with Crippen molar-refractivity contribution in [2.75, 3.05) is 26.3 Å². The molecule has 1 spiro atoms. The maximum absolute atomic E-state index is 13.9. The Labute approximate surface area is 305 Å². The quantitative estimate of drug-likeness (QED) is 0.259. The summed E-state index contributed by atoms with van der Waals surface area (Å²) in [6.45, 7) is 5.02. The number of ketones is 1. The van der Waals surface area contributed by atoms with Crippen LogP contribution in [0.3, 0.4) is 0 Å². The third-order valence-corrected chi connectivity index (χ3v) is 8.69. The van der Waals surface area contributed by atoms with Gasteiger partial charge in [-0.1, -0.05) is 18.2 Å². The van der Waals surface area contributed by atoms with Crippen molar-refractivity contribution in [2.24, 2.45) is 5.73 Å². The Bertz CT molecular complexity index is 1890. The van der Waals surface area contributed by atoms with E-state index >= 15 is 0 Å². The van der Waals surface area contributed by atoms with E-state index in [1.807, 2.05) is 19.9 Å². The van der Waals surface area contributed by atoms with Gasteiger partial charge >= 0.3 is 29.6 Å². The number of rotatable bonds is 9. The van der Waals surface area contributed by atoms with Crippen LogP contribution >= 0.6 is 0 Å². The molecule has 2 N–H and O–H groups in total. The number of aromatic carboxylic acids is 1. The van der Waals surface area contributed by atoms with E-state index in [0.717, 1.165) is 0 Å². The number of amides is 2. The minimum absolute atomic E-state index is 0. The molecule has 2 aliphatic rings. The Balaban J connectivity index is 0.00000468. The first-order valence-electron chi connectivity index (χ1n) is 15.8. The number of ether oxygens (including phenoxy) is 3. The van der Waals surface area contributed by atoms with Crippen molar-refractivity contribution in [3.63, 3.8) is 0 Å². The second-order valence-electron chi connectivity index (χ2n) is 11.8. The second kappa shape index (κ2) is 14.8. The number of carbonyl (C=O) groups excluding carboxylic acids is 4. The van der Waals surface area contributed by atoms with Crippen LogP contribution in [0.15, 0.2) is 72.9 Å². The summed E-state index contributed by atoms with van der Waals surface area (Å²) < 4.78 is 18.4. The van der Waals surface area contributed by atoms with E-state index in [9.17, 15) is 24.3 Å². The van der Waals surface area contributed by atoms with E-state index in [4.69, 9.17) is 19.9 Å². The van der Waals surface area contributed by atoms with E-state index < -0.39 is 17.5 Å². The fourth-order valence-corrected chi connectivity index (χ4v) is 6.28. The molecule has 1 aromatic heterocycles. The molecule has 2 aliphatic heterocycles. The van der Waals surface area contributed by atoms with Crippen LogP contribution in [-0.4, -0.2) is 65.4 Å². The summed E-state index contributed by atoms with van der Waals surface area (Å²) in [5.41, 5.74) is 8.16. The number of nitrogens with two attached hydrogens (primary N) is 1. The number of carboxylic acid groups (broad SMARTS) is 1. The molecule has 0 bridgehead atoms. The number of pyridine rings is 1. The summed E-state index contributed by atoms with van der Waals surface area (Å²) in [6.07, 6.45) is 2.52. The molecule has 49 heavy (non-hydrogen) atoms. The van der Waals surface area contributed by atoms with Crippen molar-refractivity contribution in [3.8, 4) is 39.6 Å². The number of hydrogen-bond donors (Lipinski definition) is 1. The summed E-state index contributed by atoms with van der Waals surface area (Å²) in [4.78, 5) is 56.3. The van der Waals surface area contributed by atoms with Crippen molar-refractivity contribution in [1.29, 1.82) is 0 Å². The molecule has 0 saturated carbocycles. The number of fused-ring (bicyclic) bond motifs is 1. The Morgan fingerprint density at radius 1 is 0.898 bits per heavy atom. The number of Topliss-reactive ketones (excluding diaryl/α,β-unsaturated/α-hetero) is 1. The van der Waals surface area contributed by atoms with Gasteiger partial charge in [0.1, 0.15) is 22.8 Å². The smallest absolute Gasteiger partial charge is 0.545 e. The van der Waals surface area contributed by atoms with E-state index in [0.29, 0.717) is 95.5 Å². The third-order valence-electron chi connectivity index (χ3n) is 8.69. The topological polar surface area (TPSA) is 161 Å². The summed E-state index contributed by atoms with van der Waals surface area (Å²) in [5.74, 6) is -0.853. The third kappa shape index (κ3) is 7.34. The summed E-state index contributed by atoms with van der Waals surface area (Å²) in [5, 5.41) is 11.5. The zero-order valence-corrected chi connectivity index (χ0v) is 29.6. The molecule has 11 nitrogen and oxygen atoms in total. The number of hydrogen-bond acceptors (Lipinski definition) is 9. The number of piperidine rings is 1. The van der Waals surface area contributed by atoms with Crippen LogP contribution in [0, 0.1) is 0 Å². The number of primary amides is 1. The van der Waals surface area contributed by atoms with Gasteiger partial charge in [0, 0.05) is 43.3 Å². The van der Waals surface area contributed by atoms with Crippen molar-refractivity contribution in [2.45, 2.75) is 38.7 Å². The van der Waals surface area contributed by atoms with Gasteiger partial charge in [0.2, 0.25) is 5.91 Å². The first-order valence-corrected chi connectivity index (χ1v) is 15.8. The molecule has 12 heteroatoms. The molecule has 0 aliphatic carbocycles. The first kappa shape index (κ1) is 35.6. The SMILES string of the molecule is CCOc1cc(C(=O)N2CCC3(CC2)CC(=O)c2cc(-c4ccc(C(N)=O)cn4)ccc2O3)cc(OCC)c1-c1cccc(C(=O)[O-])c1.[Na+]. The summed E-state index contributed by atoms with van der Waals surface area (Å²) >= 11 is 0. The number of likely N-dealkylation sites (tertiary alicyclic amines) is 1. The van der Waals surface area contributed by atoms with Crippen molar-refractivity contribution < 1.29 is 68.1 Å². The van der Waals surface area contributed by atoms with Crippen LogP contribution in [0.2, 0.25) is 0 Å². The normalized spacial score (nSPS) is 14.7. The van der Waals surface area contributed by atoms with E-state index in [1.165, 1.54) is 18.3 Å². The Hall–Kier alpha value is -4.71. The maximum Gasteiger partial charge on any atom is 1.00 e. The van der Waals surface area contributed by atoms with Gasteiger partial charge in [-0.05, 0) is 73.5 Å². The molecule has 1 fully saturated rings. The molecular formula is C37H34N3NaO8. The molecule has 0 unspecified atom stereocenters. The number of aromatic nitrogens is 1. The molecule has 2 amide bonds. The Morgan fingerprint density at radius 3 is 2.18 bits per heavy atom. The number of nitrogens with zero attached hydrogens (tertiary/aromatic N) is 2. The Morgan fingerprint density at radius 2 is 1.59 bits per heavy atom. The molecule has 3 heterocycles. The van der Waals surface area contributed by atoms with Crippen LogP contribution in [0.25, 0.3) is 22.4 Å². The van der Waals surface area contributed by atoms with Gasteiger partial charge in [-0.15, -0.1) is 0 Å². The summed E-state index contributed by atoms with van der Waals surface area (Å²) in [6, 6.07) is 18.2. The van der Waals surface area contributed by atoms with Crippen LogP contribution in [0.4, 0.5) is 0 Å². The van der Waals surface area contributed by atoms with E-state index in [-0.39, 0.29) is 53.2 Å². The van der Waals surface area contributed by atoms with Crippen LogP contribution < -0.4 is 54.6 Å². The van der Waals surface area contributed by atoms with Crippen molar-refractivity contribution >= 4 is 23.6 Å². The molecule has 246 valence electrons. The molecule has 1 saturated heterocycles. The van der Waals surface area contributed by atoms with Gasteiger partial charge < -0.3 is 34.7 Å². The van der Waals surface area contributed by atoms with Gasteiger partial charge in [0.05, 0.1) is 48.0 Å². The Kier molecular flexibility index (Phi) is 10.8. The van der Waals surface area contributed by atoms with Crippen LogP contribution in [-0.2, 0) is 0 Å². The number of carbonyl (C=O) groups is 4. The monoisotopic (exact) mass is 671 g/mol. The van der Waals surface area contributed by atoms with Crippen molar-refractivity contribution in [1.82, 2.24) is 9.88 Å². The van der Waals surface area contributed by atoms with Crippen LogP contribution in [0.5, 0.6) is 17.2 Å². The standard InChI is InChI=1S/C37H35N3O8.Na/c1-3-46-31-18-26(19-32(47-4-2)33(31)23-6-5-7-24(16-23)36(44)45)35(43)40-14-12-37(13-15-40)20-29(41)27-17-22(9-11-30(27)48-37)28-10-8-25(21-39-28)34(38)42;/h5-11,16-19,21H,3-4,12-15,20H2,1-2H3,(H2,38,42)(H,44,45);/q;+1/p-1. The molecule has 0 radical (unpaired) electrons. The molecule has 4 aromatic rings. The van der Waals surface area contributed by atoms with Gasteiger partial charge in [0.25, 0.3) is 5.91 Å². The molecule has 3 aromatic carbocycles. The van der Waals surface area contributed by atoms with E-state index in [1.54, 1.807) is 53.4 Å². The first-order chi connectivity index (χ1) is 23.1. The molecule has 6 rings (SSSR count). The predicted molar refractivity (Wildman–Crippen MR) is 174 cm³/mol. The fourth-order valence-electron chi connectivity index (χ4n) is 6.28. The zero-order chi connectivity index (χ0) is 34.0. The molecule has 0 atom stereocenters. The number of carboxylic acids is 1. The van der Waals surface area contributed by atoms with Gasteiger partial charge in [0.15, 0.2) is 5.78 Å². The average molecular weight is 672 g/mol. The minimum Gasteiger partial charge on any atom is -0.545 e. The molecular weight excluding hydrogens is 637 g/mol. The van der Waals surface area contributed by atoms with Crippen LogP contribution in [0.1, 0.15) is 74.5 Å². The van der Waals surface area contributed by atoms with Gasteiger partial charge in [-0.25, -0.2) is 0 Å². The fraction of sp³-hybridized carbons (Fsp3) is 0.270. The number of benzene rings is 3. The van der Waals surface area contributed by atoms with Gasteiger partial charge in [-0.3, -0.25) is 19.4 Å². The minimum atomic E-state index is -1.30. The largest absolute Gasteiger partial charge is 1.00 e. The maximum atomic E-state index is 13.9. The van der Waals surface area contributed by atoms with E-state index in [2.05, 4.69) is 4.98 Å². The predicted octanol–water partition coefficient (Wildman–Crippen LogP) is 1.32. The zero-order valence-electron chi connectivity index (χ0n) is 27.6. The summed E-state index contributed by atoms with van der Waals surface area (Å²) in [7, 11) is 0. The van der Waals surface area contributed by atoms with Crippen molar-refractivity contribution in [3.05, 3.63) is 95.2 Å². The van der Waals surface area contributed by atoms with Gasteiger partial charge in [-0.2, -0.15) is 0 Å².